The molecule has 1 heterocycles. The van der Waals surface area contributed by atoms with Gasteiger partial charge in [0.2, 0.25) is 11.8 Å². The van der Waals surface area contributed by atoms with Gasteiger partial charge in [0.25, 0.3) is 5.91 Å². The molecule has 2 aliphatic rings. The van der Waals surface area contributed by atoms with Gasteiger partial charge in [0.05, 0.1) is 11.5 Å². The third-order valence-electron chi connectivity index (χ3n) is 8.33. The Morgan fingerprint density at radius 1 is 0.897 bits per heavy atom. The van der Waals surface area contributed by atoms with Crippen LogP contribution in [0.4, 0.5) is 11.4 Å². The fourth-order valence-electron chi connectivity index (χ4n) is 6.01. The highest BCUT2D eigenvalue weighted by molar-refractivity contribution is 6.02. The lowest BCUT2D eigenvalue weighted by molar-refractivity contribution is -0.132. The van der Waals surface area contributed by atoms with E-state index < -0.39 is 0 Å². The average Bonchev–Trinajstić information content (AvgIpc) is 3.40. The fraction of sp³-hybridized carbons (Fsp3) is 0.531. The molecule has 2 aromatic carbocycles. The molecule has 1 aliphatic carbocycles. The molecule has 1 aliphatic heterocycles. The Morgan fingerprint density at radius 3 is 2.28 bits per heavy atom. The molecule has 1 saturated heterocycles. The second-order valence-corrected chi connectivity index (χ2v) is 10.7. The molecule has 210 valence electrons. The Kier molecular flexibility index (Phi) is 10.0. The van der Waals surface area contributed by atoms with E-state index in [0.717, 1.165) is 56.3 Å². The predicted molar refractivity (Wildman–Crippen MR) is 157 cm³/mol. The van der Waals surface area contributed by atoms with Crippen molar-refractivity contribution in [1.29, 1.82) is 0 Å². The largest absolute Gasteiger partial charge is 0.369 e. The predicted octanol–water partition coefficient (Wildman–Crippen LogP) is 5.53. The molecule has 7 heteroatoms. The van der Waals surface area contributed by atoms with Gasteiger partial charge >= 0.3 is 0 Å². The molecule has 2 aromatic rings. The number of benzene rings is 2. The van der Waals surface area contributed by atoms with Crippen molar-refractivity contribution in [2.75, 3.05) is 49.5 Å². The molecule has 1 saturated carbocycles. The number of nitrogens with one attached hydrogen (secondary N) is 1. The van der Waals surface area contributed by atoms with E-state index in [2.05, 4.69) is 17.1 Å². The molecule has 1 unspecified atom stereocenters. The summed E-state index contributed by atoms with van der Waals surface area (Å²) in [5, 5.41) is 3.07. The van der Waals surface area contributed by atoms with Crippen molar-refractivity contribution >= 4 is 29.1 Å². The van der Waals surface area contributed by atoms with Crippen LogP contribution in [-0.2, 0) is 9.59 Å². The van der Waals surface area contributed by atoms with Gasteiger partial charge in [-0.3, -0.25) is 14.4 Å². The molecule has 2 fully saturated rings. The van der Waals surface area contributed by atoms with E-state index in [1.165, 1.54) is 0 Å². The molecule has 0 spiro atoms. The van der Waals surface area contributed by atoms with E-state index >= 15 is 0 Å². The van der Waals surface area contributed by atoms with Crippen LogP contribution in [0.1, 0.15) is 81.1 Å². The summed E-state index contributed by atoms with van der Waals surface area (Å²) < 4.78 is 0. The van der Waals surface area contributed by atoms with E-state index in [1.807, 2.05) is 72.2 Å². The molecule has 1 N–H and O–H groups in total. The lowest BCUT2D eigenvalue weighted by Gasteiger charge is -2.29. The fourth-order valence-corrected chi connectivity index (χ4v) is 6.01. The Morgan fingerprint density at radius 2 is 1.62 bits per heavy atom. The van der Waals surface area contributed by atoms with Gasteiger partial charge in [-0.05, 0) is 63.3 Å². The highest BCUT2D eigenvalue weighted by atomic mass is 16.2. The summed E-state index contributed by atoms with van der Waals surface area (Å²) in [6.45, 7) is 10.0. The van der Waals surface area contributed by atoms with E-state index in [0.29, 0.717) is 44.0 Å². The van der Waals surface area contributed by atoms with Gasteiger partial charge in [-0.1, -0.05) is 50.1 Å². The lowest BCUT2D eigenvalue weighted by Crippen LogP contribution is -2.38. The van der Waals surface area contributed by atoms with Gasteiger partial charge in [-0.25, -0.2) is 0 Å². The topological polar surface area (TPSA) is 73.0 Å². The van der Waals surface area contributed by atoms with E-state index in [-0.39, 0.29) is 29.6 Å². The summed E-state index contributed by atoms with van der Waals surface area (Å²) in [6, 6.07) is 15.8. The smallest absolute Gasteiger partial charge is 0.256 e. The summed E-state index contributed by atoms with van der Waals surface area (Å²) in [7, 11) is 0. The standard InChI is InChI=1S/C32H44N4O3/c1-4-27(24-13-8-7-9-14-24)31(38)36-20-12-19-35(21-22-36)29-18-17-26(33-30(37)25-15-10-11-16-25)23-28(29)32(39)34(5-2)6-3/h7-9,13-14,17-18,23,25,27H,4-6,10-12,15-16,19-22H2,1-3H3,(H,33,37). The van der Waals surface area contributed by atoms with Crippen molar-refractivity contribution in [1.82, 2.24) is 9.80 Å². The monoisotopic (exact) mass is 532 g/mol. The van der Waals surface area contributed by atoms with Gasteiger partial charge in [0.1, 0.15) is 0 Å². The lowest BCUT2D eigenvalue weighted by atomic mass is 9.95. The van der Waals surface area contributed by atoms with Gasteiger partial charge < -0.3 is 20.0 Å². The first kappa shape index (κ1) is 28.7. The zero-order valence-electron chi connectivity index (χ0n) is 23.8. The maximum Gasteiger partial charge on any atom is 0.256 e. The second kappa shape index (κ2) is 13.6. The van der Waals surface area contributed by atoms with Crippen LogP contribution in [0.3, 0.4) is 0 Å². The van der Waals surface area contributed by atoms with Gasteiger partial charge in [-0.15, -0.1) is 0 Å². The summed E-state index contributed by atoms with van der Waals surface area (Å²) in [4.78, 5) is 46.0. The summed E-state index contributed by atoms with van der Waals surface area (Å²) in [6.07, 6.45) is 5.65. The minimum atomic E-state index is -0.139. The first-order valence-electron chi connectivity index (χ1n) is 14.8. The second-order valence-electron chi connectivity index (χ2n) is 10.7. The number of rotatable bonds is 9. The third-order valence-corrected chi connectivity index (χ3v) is 8.33. The number of nitrogens with zero attached hydrogens (tertiary/aromatic N) is 3. The van der Waals surface area contributed by atoms with E-state index in [1.54, 1.807) is 0 Å². The number of amides is 3. The molecule has 39 heavy (non-hydrogen) atoms. The van der Waals surface area contributed by atoms with Crippen molar-refractivity contribution in [2.45, 2.75) is 65.2 Å². The molecular formula is C32H44N4O3. The average molecular weight is 533 g/mol. The van der Waals surface area contributed by atoms with Crippen molar-refractivity contribution in [3.05, 3.63) is 59.7 Å². The van der Waals surface area contributed by atoms with Crippen LogP contribution < -0.4 is 10.2 Å². The van der Waals surface area contributed by atoms with Crippen LogP contribution >= 0.6 is 0 Å². The molecule has 0 radical (unpaired) electrons. The maximum absolute atomic E-state index is 13.6. The highest BCUT2D eigenvalue weighted by Gasteiger charge is 2.29. The Bertz CT molecular complexity index is 1130. The summed E-state index contributed by atoms with van der Waals surface area (Å²) in [5.74, 6) is 0.118. The van der Waals surface area contributed by atoms with Crippen LogP contribution in [-0.4, -0.2) is 66.8 Å². The number of hydrogen-bond acceptors (Lipinski definition) is 4. The first-order chi connectivity index (χ1) is 19.0. The van der Waals surface area contributed by atoms with Gasteiger partial charge in [0, 0.05) is 56.6 Å². The van der Waals surface area contributed by atoms with Gasteiger partial charge in [0.15, 0.2) is 0 Å². The van der Waals surface area contributed by atoms with E-state index in [4.69, 9.17) is 0 Å². The van der Waals surface area contributed by atoms with Crippen LogP contribution in [0.15, 0.2) is 48.5 Å². The summed E-state index contributed by atoms with van der Waals surface area (Å²) in [5.41, 5.74) is 3.22. The molecule has 4 rings (SSSR count). The van der Waals surface area contributed by atoms with Crippen molar-refractivity contribution in [2.24, 2.45) is 5.92 Å². The number of carbonyl (C=O) groups excluding carboxylic acids is 3. The third kappa shape index (κ3) is 6.81. The Balaban J connectivity index is 1.54. The Hall–Kier alpha value is -3.35. The van der Waals surface area contributed by atoms with Crippen molar-refractivity contribution in [3.63, 3.8) is 0 Å². The van der Waals surface area contributed by atoms with Crippen molar-refractivity contribution < 1.29 is 14.4 Å². The van der Waals surface area contributed by atoms with Gasteiger partial charge in [-0.2, -0.15) is 0 Å². The normalized spacial score (nSPS) is 17.0. The molecule has 3 amide bonds. The number of carbonyl (C=O) groups is 3. The highest BCUT2D eigenvalue weighted by Crippen LogP contribution is 2.30. The number of hydrogen-bond donors (Lipinski definition) is 1. The quantitative estimate of drug-likeness (QED) is 0.461. The zero-order chi connectivity index (χ0) is 27.8. The molecule has 1 atom stereocenters. The molecule has 0 aromatic heterocycles. The number of anilines is 2. The minimum absolute atomic E-state index is 0.0285. The summed E-state index contributed by atoms with van der Waals surface area (Å²) >= 11 is 0. The Labute approximate surface area is 233 Å². The molecule has 7 nitrogen and oxygen atoms in total. The first-order valence-corrected chi connectivity index (χ1v) is 14.8. The maximum atomic E-state index is 13.6. The van der Waals surface area contributed by atoms with E-state index in [9.17, 15) is 14.4 Å². The van der Waals surface area contributed by atoms with Crippen LogP contribution in [0.25, 0.3) is 0 Å². The zero-order valence-corrected chi connectivity index (χ0v) is 23.8. The van der Waals surface area contributed by atoms with Crippen molar-refractivity contribution in [3.8, 4) is 0 Å². The van der Waals surface area contributed by atoms with Crippen LogP contribution in [0.5, 0.6) is 0 Å². The molecule has 0 bridgehead atoms. The van der Waals surface area contributed by atoms with Crippen LogP contribution in [0.2, 0.25) is 0 Å². The minimum Gasteiger partial charge on any atom is -0.369 e. The van der Waals surface area contributed by atoms with Crippen LogP contribution in [0, 0.1) is 5.92 Å². The SMILES string of the molecule is CCC(C(=O)N1CCCN(c2ccc(NC(=O)C3CCCC3)cc2C(=O)N(CC)CC)CC1)c1ccccc1. The molecular weight excluding hydrogens is 488 g/mol.